The molecule has 0 radical (unpaired) electrons. The van der Waals surface area contributed by atoms with Gasteiger partial charge in [0, 0.05) is 0 Å². The minimum Gasteiger partial charge on any atom is -0.396 e. The first-order valence-electron chi connectivity index (χ1n) is 5.61. The number of aryl methyl sites for hydroxylation is 1. The molecule has 0 spiro atoms. The summed E-state index contributed by atoms with van der Waals surface area (Å²) in [6, 6.07) is 8.31. The van der Waals surface area contributed by atoms with Crippen LogP contribution in [0.5, 0.6) is 0 Å². The van der Waals surface area contributed by atoms with E-state index >= 15 is 0 Å². The summed E-state index contributed by atoms with van der Waals surface area (Å²) >= 11 is 0. The van der Waals surface area contributed by atoms with E-state index in [0.717, 1.165) is 29.9 Å². The molecular formula is C13H18ClN3. The van der Waals surface area contributed by atoms with Gasteiger partial charge >= 0.3 is 0 Å². The molecule has 17 heavy (non-hydrogen) atoms. The van der Waals surface area contributed by atoms with Crippen LogP contribution in [-0.4, -0.2) is 9.78 Å². The van der Waals surface area contributed by atoms with Crippen molar-refractivity contribution in [3.05, 3.63) is 41.7 Å². The van der Waals surface area contributed by atoms with Gasteiger partial charge in [-0.05, 0) is 25.5 Å². The Morgan fingerprint density at radius 2 is 1.88 bits per heavy atom. The first-order chi connectivity index (χ1) is 7.72. The average Bonchev–Trinajstić information content (AvgIpc) is 2.63. The number of nitrogen functional groups attached to an aromatic ring is 1. The zero-order chi connectivity index (χ0) is 11.5. The molecule has 0 bridgehead atoms. The number of nitrogens with zero attached hydrogens (tertiary/aromatic N) is 2. The fraction of sp³-hybridized carbons (Fsp3) is 0.308. The minimum absolute atomic E-state index is 0. The standard InChI is InChI=1S/C13H17N3.ClH/c1-3-4-13-12(14)9-15-16(13)11-7-5-10(2)6-8-11;/h5-9H,3-4,14H2,1-2H3;1H. The van der Waals surface area contributed by atoms with Crippen molar-refractivity contribution in [1.29, 1.82) is 0 Å². The van der Waals surface area contributed by atoms with Gasteiger partial charge in [0.15, 0.2) is 0 Å². The molecule has 2 aromatic rings. The van der Waals surface area contributed by atoms with Crippen LogP contribution >= 0.6 is 12.4 Å². The Morgan fingerprint density at radius 1 is 1.24 bits per heavy atom. The summed E-state index contributed by atoms with van der Waals surface area (Å²) in [5.74, 6) is 0. The zero-order valence-corrected chi connectivity index (χ0v) is 11.0. The van der Waals surface area contributed by atoms with E-state index in [1.807, 2.05) is 4.68 Å². The lowest BCUT2D eigenvalue weighted by molar-refractivity contribution is 0.776. The molecule has 1 aromatic heterocycles. The average molecular weight is 252 g/mol. The largest absolute Gasteiger partial charge is 0.396 e. The first-order valence-corrected chi connectivity index (χ1v) is 5.61. The highest BCUT2D eigenvalue weighted by Crippen LogP contribution is 2.18. The van der Waals surface area contributed by atoms with Crippen molar-refractivity contribution < 1.29 is 0 Å². The van der Waals surface area contributed by atoms with Crippen molar-refractivity contribution in [2.45, 2.75) is 26.7 Å². The van der Waals surface area contributed by atoms with Crippen LogP contribution in [0.3, 0.4) is 0 Å². The van der Waals surface area contributed by atoms with Gasteiger partial charge in [-0.1, -0.05) is 31.0 Å². The topological polar surface area (TPSA) is 43.8 Å². The van der Waals surface area contributed by atoms with Crippen molar-refractivity contribution in [3.8, 4) is 5.69 Å². The molecule has 0 saturated carbocycles. The number of rotatable bonds is 3. The second kappa shape index (κ2) is 5.73. The quantitative estimate of drug-likeness (QED) is 0.911. The van der Waals surface area contributed by atoms with Crippen LogP contribution in [0.4, 0.5) is 5.69 Å². The van der Waals surface area contributed by atoms with Gasteiger partial charge in [-0.15, -0.1) is 12.4 Å². The summed E-state index contributed by atoms with van der Waals surface area (Å²) in [7, 11) is 0. The van der Waals surface area contributed by atoms with E-state index in [1.54, 1.807) is 6.20 Å². The summed E-state index contributed by atoms with van der Waals surface area (Å²) in [6.07, 6.45) is 3.76. The minimum atomic E-state index is 0. The molecule has 0 aliphatic rings. The Hall–Kier alpha value is -1.48. The summed E-state index contributed by atoms with van der Waals surface area (Å²) < 4.78 is 1.93. The van der Waals surface area contributed by atoms with Crippen LogP contribution in [0.1, 0.15) is 24.6 Å². The Labute approximate surface area is 108 Å². The predicted octanol–water partition coefficient (Wildman–Crippen LogP) is 3.14. The number of nitrogens with two attached hydrogens (primary N) is 1. The number of aromatic nitrogens is 2. The fourth-order valence-electron chi connectivity index (χ4n) is 1.78. The molecule has 1 aromatic carbocycles. The predicted molar refractivity (Wildman–Crippen MR) is 74.0 cm³/mol. The Bertz CT molecular complexity index is 474. The summed E-state index contributed by atoms with van der Waals surface area (Å²) in [4.78, 5) is 0. The van der Waals surface area contributed by atoms with Crippen LogP contribution < -0.4 is 5.73 Å². The summed E-state index contributed by atoms with van der Waals surface area (Å²) in [5.41, 5.74) is 10.1. The van der Waals surface area contributed by atoms with Gasteiger partial charge in [-0.2, -0.15) is 5.10 Å². The number of benzene rings is 1. The molecule has 0 aliphatic carbocycles. The molecule has 92 valence electrons. The van der Waals surface area contributed by atoms with Crippen LogP contribution in [-0.2, 0) is 6.42 Å². The molecule has 0 saturated heterocycles. The molecule has 2 N–H and O–H groups in total. The molecule has 1 heterocycles. The number of hydrogen-bond donors (Lipinski definition) is 1. The van der Waals surface area contributed by atoms with Gasteiger partial charge < -0.3 is 5.73 Å². The van der Waals surface area contributed by atoms with Crippen LogP contribution in [0, 0.1) is 6.92 Å². The molecule has 0 fully saturated rings. The van der Waals surface area contributed by atoms with Crippen LogP contribution in [0.2, 0.25) is 0 Å². The molecule has 0 amide bonds. The Balaban J connectivity index is 0.00000144. The Morgan fingerprint density at radius 3 is 2.47 bits per heavy atom. The number of anilines is 1. The van der Waals surface area contributed by atoms with Gasteiger partial charge in [-0.3, -0.25) is 0 Å². The van der Waals surface area contributed by atoms with Gasteiger partial charge in [0.05, 0.1) is 23.3 Å². The van der Waals surface area contributed by atoms with E-state index in [1.165, 1.54) is 5.56 Å². The van der Waals surface area contributed by atoms with E-state index < -0.39 is 0 Å². The molecule has 0 aliphatic heterocycles. The molecule has 0 atom stereocenters. The van der Waals surface area contributed by atoms with Crippen molar-refractivity contribution in [2.75, 3.05) is 5.73 Å². The van der Waals surface area contributed by atoms with Gasteiger partial charge in [0.2, 0.25) is 0 Å². The maximum Gasteiger partial charge on any atom is 0.0737 e. The smallest absolute Gasteiger partial charge is 0.0737 e. The highest BCUT2D eigenvalue weighted by molar-refractivity contribution is 5.85. The van der Waals surface area contributed by atoms with E-state index in [0.29, 0.717) is 0 Å². The van der Waals surface area contributed by atoms with Crippen molar-refractivity contribution >= 4 is 18.1 Å². The first kappa shape index (κ1) is 13.6. The highest BCUT2D eigenvalue weighted by atomic mass is 35.5. The third-order valence-electron chi connectivity index (χ3n) is 2.67. The second-order valence-electron chi connectivity index (χ2n) is 4.04. The lowest BCUT2D eigenvalue weighted by Crippen LogP contribution is -2.03. The van der Waals surface area contributed by atoms with E-state index in [2.05, 4.69) is 43.2 Å². The molecular weight excluding hydrogens is 234 g/mol. The van der Waals surface area contributed by atoms with Crippen LogP contribution in [0.15, 0.2) is 30.5 Å². The van der Waals surface area contributed by atoms with E-state index in [-0.39, 0.29) is 12.4 Å². The summed E-state index contributed by atoms with van der Waals surface area (Å²) in [5, 5.41) is 4.33. The van der Waals surface area contributed by atoms with Gasteiger partial charge in [-0.25, -0.2) is 4.68 Å². The third kappa shape index (κ3) is 2.80. The highest BCUT2D eigenvalue weighted by Gasteiger charge is 2.08. The van der Waals surface area contributed by atoms with Crippen LogP contribution in [0.25, 0.3) is 5.69 Å². The van der Waals surface area contributed by atoms with Gasteiger partial charge in [0.25, 0.3) is 0 Å². The summed E-state index contributed by atoms with van der Waals surface area (Å²) in [6.45, 7) is 4.22. The third-order valence-corrected chi connectivity index (χ3v) is 2.67. The molecule has 4 heteroatoms. The lowest BCUT2D eigenvalue weighted by Gasteiger charge is -2.07. The fourth-order valence-corrected chi connectivity index (χ4v) is 1.78. The SMILES string of the molecule is CCCc1c(N)cnn1-c1ccc(C)cc1.Cl. The Kier molecular flexibility index (Phi) is 4.58. The monoisotopic (exact) mass is 251 g/mol. The van der Waals surface area contributed by atoms with E-state index in [4.69, 9.17) is 5.73 Å². The number of hydrogen-bond acceptors (Lipinski definition) is 2. The normalized spacial score (nSPS) is 10.0. The van der Waals surface area contributed by atoms with Crippen molar-refractivity contribution in [3.63, 3.8) is 0 Å². The van der Waals surface area contributed by atoms with Crippen molar-refractivity contribution in [2.24, 2.45) is 0 Å². The van der Waals surface area contributed by atoms with Crippen molar-refractivity contribution in [1.82, 2.24) is 9.78 Å². The molecule has 2 rings (SSSR count). The maximum atomic E-state index is 5.91. The van der Waals surface area contributed by atoms with E-state index in [9.17, 15) is 0 Å². The molecule has 3 nitrogen and oxygen atoms in total. The number of halogens is 1. The second-order valence-corrected chi connectivity index (χ2v) is 4.04. The van der Waals surface area contributed by atoms with Gasteiger partial charge in [0.1, 0.15) is 0 Å². The lowest BCUT2D eigenvalue weighted by atomic mass is 10.2. The molecule has 0 unspecified atom stereocenters. The zero-order valence-electron chi connectivity index (χ0n) is 10.2. The maximum absolute atomic E-state index is 5.91.